The SMILES string of the molecule is CC[C@H](C(=O)NC(C)C)N(Cc1ccccc1Cl)C(=O)CCCN(C)S(=O)(=O)c1ccccc1. The molecule has 34 heavy (non-hydrogen) atoms. The molecular formula is C25H34ClN3O4S. The van der Waals surface area contributed by atoms with Crippen molar-refractivity contribution in [3.63, 3.8) is 0 Å². The Morgan fingerprint density at radius 1 is 1.03 bits per heavy atom. The van der Waals surface area contributed by atoms with Gasteiger partial charge in [0.05, 0.1) is 4.90 Å². The summed E-state index contributed by atoms with van der Waals surface area (Å²) in [5.41, 5.74) is 0.747. The van der Waals surface area contributed by atoms with Gasteiger partial charge in [-0.1, -0.05) is 54.9 Å². The van der Waals surface area contributed by atoms with Crippen LogP contribution in [-0.4, -0.2) is 55.1 Å². The molecule has 0 spiro atoms. The minimum absolute atomic E-state index is 0.0596. The quantitative estimate of drug-likeness (QED) is 0.469. The zero-order valence-corrected chi connectivity index (χ0v) is 21.8. The fourth-order valence-corrected chi connectivity index (χ4v) is 5.03. The van der Waals surface area contributed by atoms with Crippen LogP contribution in [0.4, 0.5) is 0 Å². The average Bonchev–Trinajstić information content (AvgIpc) is 2.80. The second-order valence-electron chi connectivity index (χ2n) is 8.44. The topological polar surface area (TPSA) is 86.8 Å². The van der Waals surface area contributed by atoms with Crippen molar-refractivity contribution < 1.29 is 18.0 Å². The van der Waals surface area contributed by atoms with Gasteiger partial charge in [0, 0.05) is 37.6 Å². The fraction of sp³-hybridized carbons (Fsp3) is 0.440. The van der Waals surface area contributed by atoms with Gasteiger partial charge in [-0.3, -0.25) is 9.59 Å². The molecule has 1 atom stereocenters. The molecule has 186 valence electrons. The number of nitrogens with one attached hydrogen (secondary N) is 1. The van der Waals surface area contributed by atoms with Crippen molar-refractivity contribution in [2.45, 2.75) is 63.6 Å². The largest absolute Gasteiger partial charge is 0.352 e. The van der Waals surface area contributed by atoms with E-state index < -0.39 is 16.1 Å². The Labute approximate surface area is 208 Å². The van der Waals surface area contributed by atoms with Crippen LogP contribution in [-0.2, 0) is 26.2 Å². The molecule has 0 bridgehead atoms. The first-order valence-corrected chi connectivity index (χ1v) is 13.2. The summed E-state index contributed by atoms with van der Waals surface area (Å²) in [5, 5.41) is 3.41. The number of carbonyl (C=O) groups excluding carboxylic acids is 2. The van der Waals surface area contributed by atoms with Crippen molar-refractivity contribution in [2.24, 2.45) is 0 Å². The molecule has 0 aliphatic heterocycles. The van der Waals surface area contributed by atoms with Crippen LogP contribution in [0.25, 0.3) is 0 Å². The van der Waals surface area contributed by atoms with Crippen LogP contribution in [0.3, 0.4) is 0 Å². The van der Waals surface area contributed by atoms with Gasteiger partial charge in [0.1, 0.15) is 6.04 Å². The van der Waals surface area contributed by atoms with Crippen molar-refractivity contribution in [3.05, 3.63) is 65.2 Å². The van der Waals surface area contributed by atoms with E-state index in [0.717, 1.165) is 5.56 Å². The van der Waals surface area contributed by atoms with Crippen LogP contribution < -0.4 is 5.32 Å². The lowest BCUT2D eigenvalue weighted by atomic mass is 10.1. The van der Waals surface area contributed by atoms with Gasteiger partial charge in [-0.25, -0.2) is 12.7 Å². The van der Waals surface area contributed by atoms with Crippen LogP contribution in [0.5, 0.6) is 0 Å². The summed E-state index contributed by atoms with van der Waals surface area (Å²) in [5.74, 6) is -0.446. The summed E-state index contributed by atoms with van der Waals surface area (Å²) in [6.45, 7) is 5.97. The smallest absolute Gasteiger partial charge is 0.243 e. The van der Waals surface area contributed by atoms with Gasteiger partial charge in [-0.15, -0.1) is 0 Å². The lowest BCUT2D eigenvalue weighted by Gasteiger charge is -2.31. The summed E-state index contributed by atoms with van der Waals surface area (Å²) < 4.78 is 26.7. The monoisotopic (exact) mass is 507 g/mol. The van der Waals surface area contributed by atoms with Gasteiger partial charge in [0.2, 0.25) is 21.8 Å². The molecular weight excluding hydrogens is 474 g/mol. The van der Waals surface area contributed by atoms with Gasteiger partial charge < -0.3 is 10.2 Å². The van der Waals surface area contributed by atoms with Crippen LogP contribution in [0.1, 0.15) is 45.6 Å². The standard InChI is InChI=1S/C25H34ClN3O4S/c1-5-23(25(31)27-19(2)3)29(18-20-12-9-10-15-22(20)26)24(30)16-11-17-28(4)34(32,33)21-13-7-6-8-14-21/h6-10,12-15,19,23H,5,11,16-18H2,1-4H3,(H,27,31)/t23-/m1/s1. The highest BCUT2D eigenvalue weighted by molar-refractivity contribution is 7.89. The molecule has 2 amide bonds. The Morgan fingerprint density at radius 2 is 1.65 bits per heavy atom. The van der Waals surface area contributed by atoms with Gasteiger partial charge in [-0.05, 0) is 50.5 Å². The number of carbonyl (C=O) groups is 2. The van der Waals surface area contributed by atoms with E-state index in [1.807, 2.05) is 39.0 Å². The molecule has 0 fully saturated rings. The maximum absolute atomic E-state index is 13.3. The molecule has 1 N–H and O–H groups in total. The molecule has 9 heteroatoms. The van der Waals surface area contributed by atoms with E-state index >= 15 is 0 Å². The molecule has 0 aliphatic rings. The molecule has 0 radical (unpaired) electrons. The predicted octanol–water partition coefficient (Wildman–Crippen LogP) is 4.07. The van der Waals surface area contributed by atoms with E-state index in [2.05, 4.69) is 5.32 Å². The summed E-state index contributed by atoms with van der Waals surface area (Å²) in [4.78, 5) is 27.9. The zero-order chi connectivity index (χ0) is 25.3. The third-order valence-corrected chi connectivity index (χ3v) is 7.67. The Bertz CT molecular complexity index is 1060. The first-order valence-electron chi connectivity index (χ1n) is 11.4. The van der Waals surface area contributed by atoms with Crippen LogP contribution in [0, 0.1) is 0 Å². The van der Waals surface area contributed by atoms with Crippen molar-refractivity contribution in [3.8, 4) is 0 Å². The molecule has 7 nitrogen and oxygen atoms in total. The van der Waals surface area contributed by atoms with Crippen LogP contribution in [0.15, 0.2) is 59.5 Å². The fourth-order valence-electron chi connectivity index (χ4n) is 3.60. The van der Waals surface area contributed by atoms with Gasteiger partial charge in [0.15, 0.2) is 0 Å². The van der Waals surface area contributed by atoms with Crippen molar-refractivity contribution >= 4 is 33.4 Å². The van der Waals surface area contributed by atoms with Crippen LogP contribution >= 0.6 is 11.6 Å². The Kier molecular flexibility index (Phi) is 10.5. The second kappa shape index (κ2) is 12.9. The highest BCUT2D eigenvalue weighted by atomic mass is 35.5. The number of amides is 2. The Balaban J connectivity index is 2.14. The molecule has 2 aromatic carbocycles. The lowest BCUT2D eigenvalue weighted by Crippen LogP contribution is -2.50. The van der Waals surface area contributed by atoms with Gasteiger partial charge in [-0.2, -0.15) is 0 Å². The number of rotatable bonds is 12. The molecule has 2 rings (SSSR count). The van der Waals surface area contributed by atoms with E-state index in [1.165, 1.54) is 11.4 Å². The normalized spacial score (nSPS) is 12.6. The molecule has 0 saturated carbocycles. The van der Waals surface area contributed by atoms with E-state index in [-0.39, 0.29) is 42.3 Å². The van der Waals surface area contributed by atoms with E-state index in [1.54, 1.807) is 41.3 Å². The Morgan fingerprint density at radius 3 is 2.24 bits per heavy atom. The van der Waals surface area contributed by atoms with Crippen LogP contribution in [0.2, 0.25) is 5.02 Å². The van der Waals surface area contributed by atoms with Gasteiger partial charge in [0.25, 0.3) is 0 Å². The molecule has 0 heterocycles. The van der Waals surface area contributed by atoms with Gasteiger partial charge >= 0.3 is 0 Å². The zero-order valence-electron chi connectivity index (χ0n) is 20.2. The first kappa shape index (κ1) is 27.8. The summed E-state index contributed by atoms with van der Waals surface area (Å²) >= 11 is 6.33. The molecule has 0 unspecified atom stereocenters. The third-order valence-electron chi connectivity index (χ3n) is 5.43. The predicted molar refractivity (Wildman–Crippen MR) is 135 cm³/mol. The summed E-state index contributed by atoms with van der Waals surface area (Å²) in [6.07, 6.45) is 0.865. The van der Waals surface area contributed by atoms with Crippen molar-refractivity contribution in [2.75, 3.05) is 13.6 Å². The number of sulfonamides is 1. The summed E-state index contributed by atoms with van der Waals surface area (Å²) in [7, 11) is -2.13. The van der Waals surface area contributed by atoms with Crippen molar-refractivity contribution in [1.29, 1.82) is 0 Å². The Hall–Kier alpha value is -2.42. The highest BCUT2D eigenvalue weighted by Crippen LogP contribution is 2.21. The number of benzene rings is 2. The first-order chi connectivity index (χ1) is 16.1. The maximum atomic E-state index is 13.3. The number of halogens is 1. The minimum atomic E-state index is -3.63. The second-order valence-corrected chi connectivity index (χ2v) is 10.9. The minimum Gasteiger partial charge on any atom is -0.352 e. The number of hydrogen-bond acceptors (Lipinski definition) is 4. The number of nitrogens with zero attached hydrogens (tertiary/aromatic N) is 2. The molecule has 0 aromatic heterocycles. The average molecular weight is 508 g/mol. The molecule has 0 aliphatic carbocycles. The summed E-state index contributed by atoms with van der Waals surface area (Å²) in [6, 6.07) is 14.7. The highest BCUT2D eigenvalue weighted by Gasteiger charge is 2.29. The van der Waals surface area contributed by atoms with E-state index in [0.29, 0.717) is 17.9 Å². The maximum Gasteiger partial charge on any atom is 0.243 e. The molecule has 2 aromatic rings. The lowest BCUT2D eigenvalue weighted by molar-refractivity contribution is -0.141. The molecule has 0 saturated heterocycles. The van der Waals surface area contributed by atoms with E-state index in [9.17, 15) is 18.0 Å². The van der Waals surface area contributed by atoms with Crippen molar-refractivity contribution in [1.82, 2.24) is 14.5 Å². The number of hydrogen-bond donors (Lipinski definition) is 1. The third kappa shape index (κ3) is 7.55. The van der Waals surface area contributed by atoms with E-state index in [4.69, 9.17) is 11.6 Å².